The van der Waals surface area contributed by atoms with Crippen LogP contribution in [-0.2, 0) is 18.0 Å². The van der Waals surface area contributed by atoms with Crippen LogP contribution in [0.2, 0.25) is 0 Å². The van der Waals surface area contributed by atoms with Gasteiger partial charge in [0.2, 0.25) is 0 Å². The van der Waals surface area contributed by atoms with Crippen molar-refractivity contribution < 1.29 is 9.15 Å². The smallest absolute Gasteiger partial charge is 0.129 e. The molecule has 130 valence electrons. The van der Waals surface area contributed by atoms with Crippen LogP contribution >= 0.6 is 0 Å². The van der Waals surface area contributed by atoms with Gasteiger partial charge in [0.05, 0.1) is 12.9 Å². The highest BCUT2D eigenvalue weighted by Gasteiger charge is 2.12. The Bertz CT molecular complexity index is 730. The SMILES string of the molecule is CC(CC(C)c1ccc(COCc2ccco2)cc1)c1ccccc1. The average Bonchev–Trinajstić information content (AvgIpc) is 3.16. The first kappa shape index (κ1) is 17.5. The van der Waals surface area contributed by atoms with Gasteiger partial charge in [-0.25, -0.2) is 0 Å². The fourth-order valence-electron chi connectivity index (χ4n) is 3.19. The Hall–Kier alpha value is -2.32. The predicted octanol–water partition coefficient (Wildman–Crippen LogP) is 6.29. The third-order valence-electron chi connectivity index (χ3n) is 4.72. The Morgan fingerprint density at radius 1 is 0.760 bits per heavy atom. The second-order valence-corrected chi connectivity index (χ2v) is 6.76. The normalized spacial score (nSPS) is 13.5. The summed E-state index contributed by atoms with van der Waals surface area (Å²) in [6.45, 7) is 5.74. The Morgan fingerprint density at radius 3 is 2.08 bits per heavy atom. The van der Waals surface area contributed by atoms with Crippen LogP contribution in [0.3, 0.4) is 0 Å². The summed E-state index contributed by atoms with van der Waals surface area (Å²) in [5, 5.41) is 0. The lowest BCUT2D eigenvalue weighted by atomic mass is 9.87. The molecule has 2 atom stereocenters. The zero-order chi connectivity index (χ0) is 17.5. The van der Waals surface area contributed by atoms with E-state index in [2.05, 4.69) is 68.4 Å². The molecule has 1 heterocycles. The molecular formula is C23H26O2. The maximum Gasteiger partial charge on any atom is 0.129 e. The molecule has 25 heavy (non-hydrogen) atoms. The van der Waals surface area contributed by atoms with Crippen molar-refractivity contribution in [3.63, 3.8) is 0 Å². The molecule has 2 heteroatoms. The molecule has 2 unspecified atom stereocenters. The lowest BCUT2D eigenvalue weighted by Gasteiger charge is -2.18. The molecule has 0 aliphatic rings. The molecule has 3 rings (SSSR count). The number of rotatable bonds is 8. The highest BCUT2D eigenvalue weighted by atomic mass is 16.5. The third-order valence-corrected chi connectivity index (χ3v) is 4.72. The Morgan fingerprint density at radius 2 is 1.44 bits per heavy atom. The Balaban J connectivity index is 1.50. The van der Waals surface area contributed by atoms with Crippen LogP contribution in [0.5, 0.6) is 0 Å². The zero-order valence-electron chi connectivity index (χ0n) is 15.0. The summed E-state index contributed by atoms with van der Waals surface area (Å²) in [5.41, 5.74) is 3.99. The van der Waals surface area contributed by atoms with Gasteiger partial charge in [-0.1, -0.05) is 68.4 Å². The van der Waals surface area contributed by atoms with Crippen LogP contribution in [0.4, 0.5) is 0 Å². The fourth-order valence-corrected chi connectivity index (χ4v) is 3.19. The van der Waals surface area contributed by atoms with Crippen molar-refractivity contribution in [3.8, 4) is 0 Å². The molecule has 0 saturated carbocycles. The van der Waals surface area contributed by atoms with Crippen molar-refractivity contribution in [3.05, 3.63) is 95.4 Å². The Kier molecular flexibility index (Phi) is 6.08. The summed E-state index contributed by atoms with van der Waals surface area (Å²) in [6.07, 6.45) is 2.82. The number of furan rings is 1. The highest BCUT2D eigenvalue weighted by molar-refractivity contribution is 5.26. The monoisotopic (exact) mass is 334 g/mol. The van der Waals surface area contributed by atoms with Crippen molar-refractivity contribution in [2.75, 3.05) is 0 Å². The fraction of sp³-hybridized carbons (Fsp3) is 0.304. The molecule has 2 aromatic carbocycles. The first-order valence-corrected chi connectivity index (χ1v) is 8.96. The van der Waals surface area contributed by atoms with E-state index in [-0.39, 0.29) is 0 Å². The van der Waals surface area contributed by atoms with Gasteiger partial charge in [-0.05, 0) is 47.1 Å². The van der Waals surface area contributed by atoms with Gasteiger partial charge in [0.15, 0.2) is 0 Å². The third kappa shape index (κ3) is 5.07. The van der Waals surface area contributed by atoms with Crippen molar-refractivity contribution in [2.24, 2.45) is 0 Å². The number of benzene rings is 2. The standard InChI is InChI=1S/C23H26O2/c1-18(21-7-4-3-5-8-21)15-19(2)22-12-10-20(11-13-22)16-24-17-23-9-6-14-25-23/h3-14,18-19H,15-17H2,1-2H3. The van der Waals surface area contributed by atoms with E-state index >= 15 is 0 Å². The van der Waals surface area contributed by atoms with E-state index in [4.69, 9.17) is 9.15 Å². The van der Waals surface area contributed by atoms with E-state index in [0.717, 1.165) is 12.2 Å². The largest absolute Gasteiger partial charge is 0.467 e. The van der Waals surface area contributed by atoms with E-state index in [9.17, 15) is 0 Å². The van der Waals surface area contributed by atoms with Gasteiger partial charge in [-0.3, -0.25) is 0 Å². The van der Waals surface area contributed by atoms with E-state index in [0.29, 0.717) is 25.0 Å². The minimum absolute atomic E-state index is 0.514. The van der Waals surface area contributed by atoms with Crippen LogP contribution in [0.15, 0.2) is 77.4 Å². The maximum absolute atomic E-state index is 5.69. The average molecular weight is 334 g/mol. The van der Waals surface area contributed by atoms with Crippen molar-refractivity contribution in [2.45, 2.75) is 45.3 Å². The number of hydrogen-bond donors (Lipinski definition) is 0. The second-order valence-electron chi connectivity index (χ2n) is 6.76. The van der Waals surface area contributed by atoms with Gasteiger partial charge in [0, 0.05) is 0 Å². The lowest BCUT2D eigenvalue weighted by Crippen LogP contribution is -2.01. The summed E-state index contributed by atoms with van der Waals surface area (Å²) >= 11 is 0. The summed E-state index contributed by atoms with van der Waals surface area (Å²) in [5.74, 6) is 1.96. The topological polar surface area (TPSA) is 22.4 Å². The highest BCUT2D eigenvalue weighted by Crippen LogP contribution is 2.29. The molecule has 0 N–H and O–H groups in total. The second kappa shape index (κ2) is 8.68. The van der Waals surface area contributed by atoms with Gasteiger partial charge >= 0.3 is 0 Å². The molecule has 0 amide bonds. The zero-order valence-corrected chi connectivity index (χ0v) is 15.0. The molecule has 2 nitrogen and oxygen atoms in total. The van der Waals surface area contributed by atoms with E-state index in [1.807, 2.05) is 12.1 Å². The first-order valence-electron chi connectivity index (χ1n) is 8.96. The van der Waals surface area contributed by atoms with E-state index in [1.165, 1.54) is 16.7 Å². The number of hydrogen-bond acceptors (Lipinski definition) is 2. The quantitative estimate of drug-likeness (QED) is 0.483. The van der Waals surface area contributed by atoms with Gasteiger partial charge in [0.25, 0.3) is 0 Å². The van der Waals surface area contributed by atoms with E-state index < -0.39 is 0 Å². The summed E-state index contributed by atoms with van der Waals surface area (Å²) < 4.78 is 11.0. The maximum atomic E-state index is 5.69. The molecule has 0 fully saturated rings. The molecule has 1 aromatic heterocycles. The molecule has 0 aliphatic heterocycles. The van der Waals surface area contributed by atoms with Crippen LogP contribution in [0.25, 0.3) is 0 Å². The molecule has 0 radical (unpaired) electrons. The molecule has 3 aromatic rings. The van der Waals surface area contributed by atoms with Crippen LogP contribution in [-0.4, -0.2) is 0 Å². The van der Waals surface area contributed by atoms with Crippen molar-refractivity contribution in [1.82, 2.24) is 0 Å². The first-order chi connectivity index (χ1) is 12.2. The van der Waals surface area contributed by atoms with Gasteiger partial charge < -0.3 is 9.15 Å². The van der Waals surface area contributed by atoms with E-state index in [1.54, 1.807) is 6.26 Å². The summed E-state index contributed by atoms with van der Waals surface area (Å²) in [4.78, 5) is 0. The van der Waals surface area contributed by atoms with Gasteiger partial charge in [-0.2, -0.15) is 0 Å². The van der Waals surface area contributed by atoms with Crippen molar-refractivity contribution in [1.29, 1.82) is 0 Å². The number of ether oxygens (including phenoxy) is 1. The summed E-state index contributed by atoms with van der Waals surface area (Å²) in [6, 6.07) is 23.4. The Labute approximate surface area is 150 Å². The minimum atomic E-state index is 0.514. The molecule has 0 spiro atoms. The molecule has 0 aliphatic carbocycles. The van der Waals surface area contributed by atoms with Crippen molar-refractivity contribution >= 4 is 0 Å². The van der Waals surface area contributed by atoms with Crippen LogP contribution < -0.4 is 0 Å². The van der Waals surface area contributed by atoms with Gasteiger partial charge in [0.1, 0.15) is 12.4 Å². The summed E-state index contributed by atoms with van der Waals surface area (Å²) in [7, 11) is 0. The minimum Gasteiger partial charge on any atom is -0.467 e. The van der Waals surface area contributed by atoms with Crippen LogP contribution in [0, 0.1) is 0 Å². The van der Waals surface area contributed by atoms with Crippen LogP contribution in [0.1, 0.15) is 54.6 Å². The lowest BCUT2D eigenvalue weighted by molar-refractivity contribution is 0.0929. The molecule has 0 saturated heterocycles. The van der Waals surface area contributed by atoms with Gasteiger partial charge in [-0.15, -0.1) is 0 Å². The molecule has 0 bridgehead atoms. The molecular weight excluding hydrogens is 308 g/mol. The predicted molar refractivity (Wildman–Crippen MR) is 102 cm³/mol.